The molecule has 1 heterocycles. The lowest BCUT2D eigenvalue weighted by atomic mass is 10.2. The number of carbonyl (C=O) groups is 1. The highest BCUT2D eigenvalue weighted by Gasteiger charge is 2.24. The van der Waals surface area contributed by atoms with Gasteiger partial charge in [0, 0.05) is 5.56 Å². The van der Waals surface area contributed by atoms with E-state index in [0.29, 0.717) is 11.3 Å². The van der Waals surface area contributed by atoms with Crippen molar-refractivity contribution in [1.29, 1.82) is 5.26 Å². The Kier molecular flexibility index (Phi) is 4.34. The molecule has 0 N–H and O–H groups in total. The van der Waals surface area contributed by atoms with Crippen LogP contribution in [0.15, 0.2) is 59.2 Å². The maximum absolute atomic E-state index is 13.2. The fraction of sp³-hybridized carbons (Fsp3) is 0.0556. The van der Waals surface area contributed by atoms with Gasteiger partial charge < -0.3 is 9.47 Å². The summed E-state index contributed by atoms with van der Waals surface area (Å²) in [5.74, 6) is -0.410. The predicted octanol–water partition coefficient (Wildman–Crippen LogP) is 3.07. The van der Waals surface area contributed by atoms with Crippen molar-refractivity contribution in [2.75, 3.05) is 6.61 Å². The molecule has 2 aromatic rings. The number of benzene rings is 2. The van der Waals surface area contributed by atoms with Gasteiger partial charge in [-0.15, -0.1) is 0 Å². The van der Waals surface area contributed by atoms with Crippen LogP contribution in [0.4, 0.5) is 4.39 Å². The van der Waals surface area contributed by atoms with Crippen LogP contribution in [0.2, 0.25) is 0 Å². The lowest BCUT2D eigenvalue weighted by molar-refractivity contribution is -0.129. The van der Waals surface area contributed by atoms with E-state index in [1.165, 1.54) is 18.2 Å². The molecule has 0 spiro atoms. The zero-order valence-corrected chi connectivity index (χ0v) is 12.4. The standard InChI is InChI=1S/C18H11FN2O3/c19-14-3-1-2-13(11-14)17-21-16(18(22)24-17)10-12-4-6-15(7-5-12)23-9-8-20/h1-7,10-11H,9H2/b16-10-. The molecule has 0 aromatic heterocycles. The Bertz CT molecular complexity index is 880. The highest BCUT2D eigenvalue weighted by atomic mass is 19.1. The number of hydrogen-bond acceptors (Lipinski definition) is 5. The van der Waals surface area contributed by atoms with Crippen LogP contribution in [-0.4, -0.2) is 18.5 Å². The largest absolute Gasteiger partial charge is 0.479 e. The van der Waals surface area contributed by atoms with Gasteiger partial charge in [-0.2, -0.15) is 5.26 Å². The van der Waals surface area contributed by atoms with Gasteiger partial charge in [-0.05, 0) is 42.0 Å². The number of hydrogen-bond donors (Lipinski definition) is 0. The predicted molar refractivity (Wildman–Crippen MR) is 84.6 cm³/mol. The normalized spacial score (nSPS) is 14.9. The molecule has 0 amide bonds. The summed E-state index contributed by atoms with van der Waals surface area (Å²) < 4.78 is 23.5. The second-order valence-electron chi connectivity index (χ2n) is 4.86. The number of nitriles is 1. The minimum absolute atomic E-state index is 0.0337. The Balaban J connectivity index is 1.82. The Labute approximate surface area is 137 Å². The summed E-state index contributed by atoms with van der Waals surface area (Å²) in [6.45, 7) is -0.0337. The highest BCUT2D eigenvalue weighted by Crippen LogP contribution is 2.21. The minimum Gasteiger partial charge on any atom is -0.479 e. The highest BCUT2D eigenvalue weighted by molar-refractivity contribution is 6.12. The van der Waals surface area contributed by atoms with E-state index in [2.05, 4.69) is 4.99 Å². The molecule has 5 nitrogen and oxygen atoms in total. The summed E-state index contributed by atoms with van der Waals surface area (Å²) in [7, 11) is 0. The zero-order chi connectivity index (χ0) is 16.9. The van der Waals surface area contributed by atoms with Crippen LogP contribution >= 0.6 is 0 Å². The molecular weight excluding hydrogens is 311 g/mol. The molecule has 0 fully saturated rings. The smallest absolute Gasteiger partial charge is 0.363 e. The van der Waals surface area contributed by atoms with Crippen molar-refractivity contribution in [2.24, 2.45) is 4.99 Å². The van der Waals surface area contributed by atoms with E-state index >= 15 is 0 Å². The van der Waals surface area contributed by atoms with Gasteiger partial charge in [0.05, 0.1) is 0 Å². The number of cyclic esters (lactones) is 1. The fourth-order valence-corrected chi connectivity index (χ4v) is 2.09. The fourth-order valence-electron chi connectivity index (χ4n) is 2.09. The van der Waals surface area contributed by atoms with Gasteiger partial charge in [0.1, 0.15) is 17.6 Å². The van der Waals surface area contributed by atoms with E-state index in [0.717, 1.165) is 5.56 Å². The Morgan fingerprint density at radius 1 is 1.25 bits per heavy atom. The topological polar surface area (TPSA) is 71.7 Å². The van der Waals surface area contributed by atoms with Crippen LogP contribution in [0.3, 0.4) is 0 Å². The van der Waals surface area contributed by atoms with E-state index in [9.17, 15) is 9.18 Å². The first-order chi connectivity index (χ1) is 11.7. The lowest BCUT2D eigenvalue weighted by Crippen LogP contribution is -2.05. The SMILES string of the molecule is N#CCOc1ccc(/C=C2\N=C(c3cccc(F)c3)OC2=O)cc1. The van der Waals surface area contributed by atoms with Crippen LogP contribution in [0.5, 0.6) is 5.75 Å². The molecule has 24 heavy (non-hydrogen) atoms. The second kappa shape index (κ2) is 6.75. The lowest BCUT2D eigenvalue weighted by Gasteiger charge is -2.01. The van der Waals surface area contributed by atoms with E-state index in [1.54, 1.807) is 36.4 Å². The van der Waals surface area contributed by atoms with Gasteiger partial charge >= 0.3 is 5.97 Å². The maximum Gasteiger partial charge on any atom is 0.363 e. The summed E-state index contributed by atoms with van der Waals surface area (Å²) in [4.78, 5) is 16.0. The van der Waals surface area contributed by atoms with Gasteiger partial charge in [0.25, 0.3) is 0 Å². The van der Waals surface area contributed by atoms with Crippen LogP contribution in [-0.2, 0) is 9.53 Å². The molecule has 0 bridgehead atoms. The van der Waals surface area contributed by atoms with Crippen LogP contribution in [0, 0.1) is 17.1 Å². The number of ether oxygens (including phenoxy) is 2. The van der Waals surface area contributed by atoms with Crippen molar-refractivity contribution < 1.29 is 18.7 Å². The average Bonchev–Trinajstić information content (AvgIpc) is 2.95. The Hall–Kier alpha value is -3.46. The van der Waals surface area contributed by atoms with Gasteiger partial charge in [-0.1, -0.05) is 18.2 Å². The summed E-state index contributed by atoms with van der Waals surface area (Å²) in [5.41, 5.74) is 1.24. The van der Waals surface area contributed by atoms with E-state index in [-0.39, 0.29) is 18.2 Å². The van der Waals surface area contributed by atoms with Gasteiger partial charge in [0.2, 0.25) is 5.90 Å². The van der Waals surface area contributed by atoms with E-state index in [4.69, 9.17) is 14.7 Å². The van der Waals surface area contributed by atoms with Crippen molar-refractivity contribution in [2.45, 2.75) is 0 Å². The van der Waals surface area contributed by atoms with Crippen molar-refractivity contribution in [3.8, 4) is 11.8 Å². The van der Waals surface area contributed by atoms with Crippen molar-refractivity contribution in [1.82, 2.24) is 0 Å². The number of aliphatic imine (C=N–C) groups is 1. The summed E-state index contributed by atoms with van der Waals surface area (Å²) in [5, 5.41) is 8.46. The summed E-state index contributed by atoms with van der Waals surface area (Å²) in [6, 6.07) is 14.4. The number of rotatable bonds is 4. The molecule has 0 unspecified atom stereocenters. The number of halogens is 1. The first-order valence-electron chi connectivity index (χ1n) is 7.04. The minimum atomic E-state index is -0.598. The summed E-state index contributed by atoms with van der Waals surface area (Å²) >= 11 is 0. The molecular formula is C18H11FN2O3. The zero-order valence-electron chi connectivity index (χ0n) is 12.4. The molecule has 0 atom stereocenters. The number of esters is 1. The molecule has 0 radical (unpaired) electrons. The Morgan fingerprint density at radius 3 is 2.75 bits per heavy atom. The van der Waals surface area contributed by atoms with Crippen molar-refractivity contribution >= 4 is 17.9 Å². The number of carbonyl (C=O) groups excluding carboxylic acids is 1. The number of nitrogens with zero attached hydrogens (tertiary/aromatic N) is 2. The van der Waals surface area contributed by atoms with E-state index in [1.807, 2.05) is 6.07 Å². The Morgan fingerprint density at radius 2 is 2.04 bits per heavy atom. The third-order valence-electron chi connectivity index (χ3n) is 3.18. The molecule has 1 aliphatic rings. The second-order valence-corrected chi connectivity index (χ2v) is 4.86. The van der Waals surface area contributed by atoms with Crippen molar-refractivity contribution in [3.05, 3.63) is 71.2 Å². The molecule has 0 aliphatic carbocycles. The molecule has 1 aliphatic heterocycles. The van der Waals surface area contributed by atoms with Gasteiger partial charge in [0.15, 0.2) is 12.3 Å². The van der Waals surface area contributed by atoms with Crippen LogP contribution in [0.25, 0.3) is 6.08 Å². The maximum atomic E-state index is 13.2. The van der Waals surface area contributed by atoms with Gasteiger partial charge in [-0.25, -0.2) is 14.2 Å². The molecule has 0 saturated carbocycles. The molecule has 3 rings (SSSR count). The van der Waals surface area contributed by atoms with E-state index < -0.39 is 11.8 Å². The van der Waals surface area contributed by atoms with Crippen molar-refractivity contribution in [3.63, 3.8) is 0 Å². The van der Waals surface area contributed by atoms with Crippen LogP contribution < -0.4 is 4.74 Å². The quantitative estimate of drug-likeness (QED) is 0.640. The first-order valence-corrected chi connectivity index (χ1v) is 7.04. The first kappa shape index (κ1) is 15.4. The summed E-state index contributed by atoms with van der Waals surface area (Å²) in [6.07, 6.45) is 1.56. The molecule has 118 valence electrons. The average molecular weight is 322 g/mol. The molecule has 6 heteroatoms. The van der Waals surface area contributed by atoms with Gasteiger partial charge in [-0.3, -0.25) is 0 Å². The third-order valence-corrected chi connectivity index (χ3v) is 3.18. The molecule has 0 saturated heterocycles. The molecule has 2 aromatic carbocycles. The van der Waals surface area contributed by atoms with Crippen LogP contribution in [0.1, 0.15) is 11.1 Å². The monoisotopic (exact) mass is 322 g/mol. The third kappa shape index (κ3) is 3.47.